The number of nitrogens with zero attached hydrogens (tertiary/aromatic N) is 14. The first-order chi connectivity index (χ1) is 59.3. The van der Waals surface area contributed by atoms with Crippen LogP contribution < -0.4 is 0 Å². The number of benzene rings is 14. The molecule has 0 saturated heterocycles. The van der Waals surface area contributed by atoms with Crippen molar-refractivity contribution in [3.05, 3.63) is 365 Å². The van der Waals surface area contributed by atoms with E-state index >= 15 is 0 Å². The summed E-state index contributed by atoms with van der Waals surface area (Å²) in [5, 5.41) is 16.8. The molecule has 10 heterocycles. The highest BCUT2D eigenvalue weighted by Crippen LogP contribution is 2.41. The lowest BCUT2D eigenvalue weighted by atomic mass is 9.96. The third-order valence-electron chi connectivity index (χ3n) is 23.3. The van der Waals surface area contributed by atoms with Gasteiger partial charge in [-0.3, -0.25) is 39.9 Å². The predicted molar refractivity (Wildman–Crippen MR) is 485 cm³/mol. The molecule has 0 N–H and O–H groups in total. The number of hydrogen-bond donors (Lipinski definition) is 0. The van der Waals surface area contributed by atoms with Crippen LogP contribution in [0.1, 0.15) is 0 Å². The van der Waals surface area contributed by atoms with Gasteiger partial charge in [-0.1, -0.05) is 231 Å². The molecule has 0 bridgehead atoms. The molecule has 14 aromatic carbocycles. The van der Waals surface area contributed by atoms with Gasteiger partial charge >= 0.3 is 0 Å². The number of fused-ring (bicyclic) bond motifs is 16. The van der Waals surface area contributed by atoms with Crippen LogP contribution in [0.15, 0.2) is 365 Å². The van der Waals surface area contributed by atoms with Gasteiger partial charge < -0.3 is 0 Å². The van der Waals surface area contributed by atoms with Gasteiger partial charge in [0.25, 0.3) is 0 Å². The summed E-state index contributed by atoms with van der Waals surface area (Å²) >= 11 is 0. The molecule has 10 aromatic heterocycles. The maximum atomic E-state index is 5.32. The van der Waals surface area contributed by atoms with Crippen LogP contribution in [-0.4, -0.2) is 69.8 Å². The molecule has 0 atom stereocenters. The largest absolute Gasteiger partial charge is 0.254 e. The lowest BCUT2D eigenvalue weighted by molar-refractivity contribution is 1.07. The molecule has 24 rings (SSSR count). The second-order valence-corrected chi connectivity index (χ2v) is 30.6. The highest BCUT2D eigenvalue weighted by atomic mass is 15.0. The van der Waals surface area contributed by atoms with Crippen LogP contribution >= 0.6 is 0 Å². The SMILES string of the molecule is c1ccc(-c2nc(-c3ccc4c(-c5cnc6c(ccc7cccnc76)c5)cccc4c3)nc(-c3ccc4c(-c5cnc6c(ccc7cc(-c8ccc(-c9nc(-c%10ccc%11ccc(-c%12cnc%13c(ccc%14cccnc%14%13)c%12)cc%11c%10)nc(-c%10ccc%11ccc(-c%12cnc%13c(ccc%14cccnc%14%13)c%12)cc%11c%10)n9)cc8)cnc76)c5)cccc4c3)n2)cc1. The number of hydrogen-bond acceptors (Lipinski definition) is 14. The van der Waals surface area contributed by atoms with E-state index < -0.39 is 0 Å². The van der Waals surface area contributed by atoms with Crippen molar-refractivity contribution in [2.24, 2.45) is 0 Å². The molecule has 0 unspecified atom stereocenters. The van der Waals surface area contributed by atoms with Gasteiger partial charge in [0, 0.05) is 154 Å². The fourth-order valence-corrected chi connectivity index (χ4v) is 17.2. The van der Waals surface area contributed by atoms with Gasteiger partial charge in [-0.05, 0) is 156 Å². The van der Waals surface area contributed by atoms with Crippen LogP contribution in [0.2, 0.25) is 0 Å². The lowest BCUT2D eigenvalue weighted by Crippen LogP contribution is -2.00. The van der Waals surface area contributed by atoms with Crippen LogP contribution in [0, 0.1) is 0 Å². The van der Waals surface area contributed by atoms with E-state index in [-0.39, 0.29) is 0 Å². The van der Waals surface area contributed by atoms with Crippen molar-refractivity contribution in [2.75, 3.05) is 0 Å². The molecule has 14 heteroatoms. The summed E-state index contributed by atoms with van der Waals surface area (Å²) in [6.45, 7) is 0. The minimum Gasteiger partial charge on any atom is -0.254 e. The Morgan fingerprint density at radius 3 is 0.783 bits per heavy atom. The van der Waals surface area contributed by atoms with Crippen molar-refractivity contribution in [2.45, 2.75) is 0 Å². The fourth-order valence-electron chi connectivity index (χ4n) is 17.2. The van der Waals surface area contributed by atoms with Crippen molar-refractivity contribution in [1.82, 2.24) is 69.8 Å². The number of aromatic nitrogens is 14. The Balaban J connectivity index is 0.534. The molecular formula is C106H60N14. The van der Waals surface area contributed by atoms with Crippen LogP contribution in [0.5, 0.6) is 0 Å². The highest BCUT2D eigenvalue weighted by Gasteiger charge is 2.21. The molecule has 554 valence electrons. The highest BCUT2D eigenvalue weighted by molar-refractivity contribution is 6.10. The van der Waals surface area contributed by atoms with Crippen LogP contribution in [0.25, 0.3) is 254 Å². The molecule has 0 aliphatic rings. The second-order valence-electron chi connectivity index (χ2n) is 30.6. The van der Waals surface area contributed by atoms with Gasteiger partial charge in [0.2, 0.25) is 0 Å². The Kier molecular flexibility index (Phi) is 15.6. The van der Waals surface area contributed by atoms with E-state index in [1.807, 2.05) is 98.1 Å². The summed E-state index contributed by atoms with van der Waals surface area (Å²) in [5.74, 6) is 3.40. The van der Waals surface area contributed by atoms with Crippen LogP contribution in [0.4, 0.5) is 0 Å². The summed E-state index contributed by atoms with van der Waals surface area (Å²) in [5.41, 5.74) is 22.5. The molecule has 0 amide bonds. The number of pyridine rings is 8. The molecule has 0 aliphatic carbocycles. The molecule has 0 fully saturated rings. The van der Waals surface area contributed by atoms with Gasteiger partial charge in [0.1, 0.15) is 0 Å². The van der Waals surface area contributed by atoms with Crippen molar-refractivity contribution in [1.29, 1.82) is 0 Å². The maximum Gasteiger partial charge on any atom is 0.164 e. The normalized spacial score (nSPS) is 11.8. The van der Waals surface area contributed by atoms with E-state index in [1.165, 1.54) is 0 Å². The summed E-state index contributed by atoms with van der Waals surface area (Å²) in [4.78, 5) is 70.6. The lowest BCUT2D eigenvalue weighted by Gasteiger charge is -2.12. The first-order valence-corrected chi connectivity index (χ1v) is 39.8. The van der Waals surface area contributed by atoms with Crippen molar-refractivity contribution < 1.29 is 0 Å². The van der Waals surface area contributed by atoms with E-state index in [0.29, 0.717) is 34.9 Å². The molecule has 120 heavy (non-hydrogen) atoms. The number of rotatable bonds is 11. The Bertz CT molecular complexity index is 8230. The van der Waals surface area contributed by atoms with Gasteiger partial charge in [0.05, 0.1) is 44.1 Å². The van der Waals surface area contributed by atoms with Gasteiger partial charge in [-0.2, -0.15) is 0 Å². The molecule has 14 nitrogen and oxygen atoms in total. The van der Waals surface area contributed by atoms with E-state index in [1.54, 1.807) is 0 Å². The Labute approximate surface area is 684 Å². The van der Waals surface area contributed by atoms with Crippen LogP contribution in [0.3, 0.4) is 0 Å². The molecule has 0 aliphatic heterocycles. The summed E-state index contributed by atoms with van der Waals surface area (Å²) < 4.78 is 0. The zero-order chi connectivity index (χ0) is 78.9. The van der Waals surface area contributed by atoms with Gasteiger partial charge in [-0.15, -0.1) is 0 Å². The Morgan fingerprint density at radius 2 is 0.392 bits per heavy atom. The van der Waals surface area contributed by atoms with E-state index in [0.717, 1.165) is 219 Å². The zero-order valence-corrected chi connectivity index (χ0v) is 63.9. The molecule has 0 spiro atoms. The maximum absolute atomic E-state index is 5.32. The first kappa shape index (κ1) is 67.9. The van der Waals surface area contributed by atoms with E-state index in [2.05, 4.69) is 282 Å². The van der Waals surface area contributed by atoms with Crippen molar-refractivity contribution >= 4 is 130 Å². The molecule has 0 radical (unpaired) electrons. The standard InChI is InChI=1S/C106H60N14/c1-2-9-67(10-3-1)101-115-105(80-38-40-91-71(47-80)11-4-16-89(91)87-52-76-33-26-66-15-8-44-109-95(66)98(76)113-59-87)120-106(116-101)81-39-41-92-72(48-81)12-5-17-90(92)88-53-77-35-34-75-49-84(56-110-99(75)100(77)114-60-88)63-18-27-68(28-19-63)102-117-103(78-36-22-61-20-29-69(45-82(61)54-78)85-50-73-31-24-64-13-6-42-107-93(64)96(73)111-57-85)119-104(118-102)79-37-23-62-21-30-70(46-83(62)55-79)86-51-74-32-25-65-14-7-43-108-94(65)97(74)112-58-86/h1-60H. The minimum atomic E-state index is 0.545. The van der Waals surface area contributed by atoms with Gasteiger partial charge in [0.15, 0.2) is 34.9 Å². The van der Waals surface area contributed by atoms with E-state index in [4.69, 9.17) is 54.8 Å². The predicted octanol–water partition coefficient (Wildman–Crippen LogP) is 25.4. The fraction of sp³-hybridized carbons (Fsp3) is 0. The molecular weight excluding hydrogens is 1470 g/mol. The topological polar surface area (TPSA) is 180 Å². The Morgan fingerprint density at radius 1 is 0.133 bits per heavy atom. The van der Waals surface area contributed by atoms with Crippen molar-refractivity contribution in [3.8, 4) is 124 Å². The Hall–Kier alpha value is -16.6. The minimum absolute atomic E-state index is 0.545. The monoisotopic (exact) mass is 1530 g/mol. The average molecular weight is 1530 g/mol. The van der Waals surface area contributed by atoms with Gasteiger partial charge in [-0.25, -0.2) is 29.9 Å². The average Bonchev–Trinajstić information content (AvgIpc) is 0.861. The van der Waals surface area contributed by atoms with E-state index in [9.17, 15) is 0 Å². The quantitative estimate of drug-likeness (QED) is 0.112. The summed E-state index contributed by atoms with van der Waals surface area (Å²) in [6.07, 6.45) is 15.2. The zero-order valence-electron chi connectivity index (χ0n) is 63.9. The smallest absolute Gasteiger partial charge is 0.164 e. The summed E-state index contributed by atoms with van der Waals surface area (Å²) in [6, 6.07) is 110. The first-order valence-electron chi connectivity index (χ1n) is 39.8. The van der Waals surface area contributed by atoms with Crippen molar-refractivity contribution in [3.63, 3.8) is 0 Å². The second kappa shape index (κ2) is 27.6. The molecule has 24 aromatic rings. The molecule has 0 saturated carbocycles. The summed E-state index contributed by atoms with van der Waals surface area (Å²) in [7, 11) is 0. The van der Waals surface area contributed by atoms with Crippen LogP contribution in [-0.2, 0) is 0 Å². The third-order valence-corrected chi connectivity index (χ3v) is 23.3. The third kappa shape index (κ3) is 11.9.